The van der Waals surface area contributed by atoms with Gasteiger partial charge in [0.05, 0.1) is 6.04 Å². The summed E-state index contributed by atoms with van der Waals surface area (Å²) in [5, 5.41) is 7.22. The van der Waals surface area contributed by atoms with Crippen molar-refractivity contribution in [3.63, 3.8) is 0 Å². The minimum absolute atomic E-state index is 0.0237. The monoisotopic (exact) mass is 371 g/mol. The van der Waals surface area contributed by atoms with E-state index >= 15 is 0 Å². The molecule has 0 saturated carbocycles. The van der Waals surface area contributed by atoms with Crippen LogP contribution in [0, 0.1) is 5.92 Å². The highest BCUT2D eigenvalue weighted by Crippen LogP contribution is 2.28. The Kier molecular flexibility index (Phi) is 6.08. The van der Waals surface area contributed by atoms with Crippen molar-refractivity contribution in [3.05, 3.63) is 41.8 Å². The van der Waals surface area contributed by atoms with Crippen LogP contribution in [-0.2, 0) is 0 Å². The highest BCUT2D eigenvalue weighted by molar-refractivity contribution is 5.74. The first-order chi connectivity index (χ1) is 13.0. The second-order valence-electron chi connectivity index (χ2n) is 7.86. The van der Waals surface area contributed by atoms with E-state index in [2.05, 4.69) is 48.1 Å². The summed E-state index contributed by atoms with van der Waals surface area (Å²) in [7, 11) is 0. The molecule has 146 valence electrons. The highest BCUT2D eigenvalue weighted by Gasteiger charge is 2.29. The maximum Gasteiger partial charge on any atom is 0.317 e. The first kappa shape index (κ1) is 19.3. The minimum atomic E-state index is -0.0477. The molecule has 1 fully saturated rings. The molecule has 0 unspecified atom stereocenters. The van der Waals surface area contributed by atoms with Gasteiger partial charge in [-0.3, -0.25) is 4.98 Å². The number of carbonyl (C=O) groups excluding carboxylic acids is 1. The number of aromatic nitrogens is 3. The van der Waals surface area contributed by atoms with Gasteiger partial charge in [-0.15, -0.1) is 0 Å². The molecular weight excluding hydrogens is 342 g/mol. The molecule has 1 atom stereocenters. The molecule has 7 heteroatoms. The number of hydrogen-bond acceptors (Lipinski definition) is 5. The molecule has 2 aromatic heterocycles. The second kappa shape index (κ2) is 8.50. The van der Waals surface area contributed by atoms with Crippen molar-refractivity contribution in [2.75, 3.05) is 13.1 Å². The van der Waals surface area contributed by atoms with Gasteiger partial charge in [-0.1, -0.05) is 38.9 Å². The maximum absolute atomic E-state index is 12.8. The van der Waals surface area contributed by atoms with Crippen LogP contribution in [0.2, 0.25) is 0 Å². The number of rotatable bonds is 5. The number of piperidine rings is 1. The molecule has 1 saturated heterocycles. The average molecular weight is 371 g/mol. The fourth-order valence-electron chi connectivity index (χ4n) is 3.40. The summed E-state index contributed by atoms with van der Waals surface area (Å²) >= 11 is 0. The Bertz CT molecular complexity index is 736. The first-order valence-electron chi connectivity index (χ1n) is 9.74. The van der Waals surface area contributed by atoms with Crippen LogP contribution in [0.15, 0.2) is 29.0 Å². The Morgan fingerprint density at radius 2 is 2.00 bits per heavy atom. The molecule has 27 heavy (non-hydrogen) atoms. The topological polar surface area (TPSA) is 84.2 Å². The normalized spacial score (nSPS) is 16.7. The van der Waals surface area contributed by atoms with Gasteiger partial charge >= 0.3 is 6.03 Å². The van der Waals surface area contributed by atoms with E-state index in [4.69, 9.17) is 4.52 Å². The zero-order chi connectivity index (χ0) is 19.4. The number of hydrogen-bond donors (Lipinski definition) is 1. The summed E-state index contributed by atoms with van der Waals surface area (Å²) in [6.07, 6.45) is 5.24. The van der Waals surface area contributed by atoms with Crippen LogP contribution in [0.4, 0.5) is 4.79 Å². The van der Waals surface area contributed by atoms with E-state index in [1.54, 1.807) is 6.20 Å². The minimum Gasteiger partial charge on any atom is -0.339 e. The lowest BCUT2D eigenvalue weighted by Gasteiger charge is -2.33. The Hall–Kier alpha value is -2.44. The van der Waals surface area contributed by atoms with Gasteiger partial charge < -0.3 is 14.7 Å². The lowest BCUT2D eigenvalue weighted by Crippen LogP contribution is -2.46. The summed E-state index contributed by atoms with van der Waals surface area (Å²) in [5.74, 6) is 2.22. The third-order valence-electron chi connectivity index (χ3n) is 5.09. The molecule has 0 bridgehead atoms. The second-order valence-corrected chi connectivity index (χ2v) is 7.86. The first-order valence-corrected chi connectivity index (χ1v) is 9.74. The van der Waals surface area contributed by atoms with E-state index in [0.29, 0.717) is 19.0 Å². The highest BCUT2D eigenvalue weighted by atomic mass is 16.5. The fraction of sp³-hybridized carbons (Fsp3) is 0.600. The fourth-order valence-corrected chi connectivity index (χ4v) is 3.40. The molecular formula is C20H29N5O2. The summed E-state index contributed by atoms with van der Waals surface area (Å²) in [4.78, 5) is 23.3. The van der Waals surface area contributed by atoms with Crippen LogP contribution >= 0.6 is 0 Å². The zero-order valence-corrected chi connectivity index (χ0v) is 16.6. The largest absolute Gasteiger partial charge is 0.339 e. The van der Waals surface area contributed by atoms with E-state index in [1.165, 1.54) is 0 Å². The van der Waals surface area contributed by atoms with Gasteiger partial charge in [0.2, 0.25) is 5.89 Å². The van der Waals surface area contributed by atoms with Crippen molar-refractivity contribution in [3.8, 4) is 0 Å². The maximum atomic E-state index is 12.8. The van der Waals surface area contributed by atoms with Crippen LogP contribution in [0.3, 0.4) is 0 Å². The Morgan fingerprint density at radius 3 is 2.56 bits per heavy atom. The van der Waals surface area contributed by atoms with Crippen molar-refractivity contribution < 1.29 is 9.32 Å². The SMILES string of the molecule is CC(C)c1noc(C2CCN(C(=O)N[C@H](c3cccnc3)C(C)C)CC2)n1. The van der Waals surface area contributed by atoms with Crippen molar-refractivity contribution in [2.24, 2.45) is 5.92 Å². The molecule has 3 heterocycles. The van der Waals surface area contributed by atoms with E-state index < -0.39 is 0 Å². The lowest BCUT2D eigenvalue weighted by atomic mass is 9.96. The van der Waals surface area contributed by atoms with Crippen molar-refractivity contribution in [2.45, 2.75) is 58.4 Å². The van der Waals surface area contributed by atoms with Crippen LogP contribution in [-0.4, -0.2) is 39.1 Å². The molecule has 2 amide bonds. The van der Waals surface area contributed by atoms with Crippen molar-refractivity contribution in [1.29, 1.82) is 0 Å². The molecule has 1 aliphatic rings. The van der Waals surface area contributed by atoms with Gasteiger partial charge in [0.1, 0.15) is 0 Å². The quantitative estimate of drug-likeness (QED) is 0.862. The summed E-state index contributed by atoms with van der Waals surface area (Å²) in [5.41, 5.74) is 1.03. The smallest absolute Gasteiger partial charge is 0.317 e. The average Bonchev–Trinajstić information content (AvgIpc) is 3.17. The Morgan fingerprint density at radius 1 is 1.26 bits per heavy atom. The molecule has 1 aliphatic heterocycles. The number of pyridine rings is 1. The summed E-state index contributed by atoms with van der Waals surface area (Å²) in [6.45, 7) is 9.68. The molecule has 2 aromatic rings. The standard InChI is InChI=1S/C20H29N5O2/c1-13(2)17(16-6-5-9-21-12-16)22-20(26)25-10-7-15(8-11-25)19-23-18(14(3)4)24-27-19/h5-6,9,12-15,17H,7-8,10-11H2,1-4H3,(H,22,26)/t17-/m0/s1. The predicted octanol–water partition coefficient (Wildman–Crippen LogP) is 3.87. The number of likely N-dealkylation sites (tertiary alicyclic amines) is 1. The summed E-state index contributed by atoms with van der Waals surface area (Å²) in [6, 6.07) is 3.84. The van der Waals surface area contributed by atoms with E-state index in [1.807, 2.05) is 23.2 Å². The number of nitrogens with zero attached hydrogens (tertiary/aromatic N) is 4. The number of nitrogens with one attached hydrogen (secondary N) is 1. The number of amides is 2. The van der Waals surface area contributed by atoms with Crippen molar-refractivity contribution >= 4 is 6.03 Å². The number of urea groups is 1. The third kappa shape index (κ3) is 4.64. The van der Waals surface area contributed by atoms with Gasteiger partial charge in [0.25, 0.3) is 0 Å². The summed E-state index contributed by atoms with van der Waals surface area (Å²) < 4.78 is 5.43. The Balaban J connectivity index is 1.57. The molecule has 0 aliphatic carbocycles. The number of carbonyl (C=O) groups is 1. The zero-order valence-electron chi connectivity index (χ0n) is 16.6. The molecule has 0 aromatic carbocycles. The van der Waals surface area contributed by atoms with Crippen LogP contribution in [0.25, 0.3) is 0 Å². The van der Waals surface area contributed by atoms with Gasteiger partial charge in [0.15, 0.2) is 5.82 Å². The van der Waals surface area contributed by atoms with E-state index in [-0.39, 0.29) is 29.8 Å². The Labute approximate surface area is 160 Å². The van der Waals surface area contributed by atoms with Gasteiger partial charge in [-0.25, -0.2) is 4.79 Å². The molecule has 7 nitrogen and oxygen atoms in total. The van der Waals surface area contributed by atoms with Crippen LogP contribution in [0.1, 0.15) is 75.7 Å². The van der Waals surface area contributed by atoms with E-state index in [0.717, 1.165) is 24.2 Å². The predicted molar refractivity (Wildman–Crippen MR) is 102 cm³/mol. The lowest BCUT2D eigenvalue weighted by molar-refractivity contribution is 0.169. The molecule has 3 rings (SSSR count). The third-order valence-corrected chi connectivity index (χ3v) is 5.09. The van der Waals surface area contributed by atoms with E-state index in [9.17, 15) is 4.79 Å². The molecule has 0 spiro atoms. The van der Waals surface area contributed by atoms with Gasteiger partial charge in [0, 0.05) is 37.3 Å². The molecule has 1 N–H and O–H groups in total. The van der Waals surface area contributed by atoms with Gasteiger partial charge in [-0.05, 0) is 30.4 Å². The molecule has 0 radical (unpaired) electrons. The van der Waals surface area contributed by atoms with Gasteiger partial charge in [-0.2, -0.15) is 4.98 Å². The van der Waals surface area contributed by atoms with Crippen molar-refractivity contribution in [1.82, 2.24) is 25.3 Å². The van der Waals surface area contributed by atoms with Crippen LogP contribution < -0.4 is 5.32 Å². The van der Waals surface area contributed by atoms with Crippen LogP contribution in [0.5, 0.6) is 0 Å².